The van der Waals surface area contributed by atoms with Gasteiger partial charge in [-0.2, -0.15) is 0 Å². The summed E-state index contributed by atoms with van der Waals surface area (Å²) in [5.41, 5.74) is 0.787. The Morgan fingerprint density at radius 1 is 1.47 bits per heavy atom. The van der Waals surface area contributed by atoms with Crippen molar-refractivity contribution in [3.63, 3.8) is 0 Å². The molecular weight excluding hydrogens is 286 g/mol. The second-order valence-corrected chi connectivity index (χ2v) is 4.19. The maximum Gasteiger partial charge on any atom is 0.216 e. The van der Waals surface area contributed by atoms with Gasteiger partial charge in [-0.3, -0.25) is 0 Å². The molecule has 1 unspecified atom stereocenters. The molecule has 2 heterocycles. The highest BCUT2D eigenvalue weighted by Crippen LogP contribution is 2.28. The summed E-state index contributed by atoms with van der Waals surface area (Å²) in [6.45, 7) is 0. The van der Waals surface area contributed by atoms with Gasteiger partial charge in [-0.05, 0) is 29.0 Å². The molecule has 0 spiro atoms. The zero-order valence-corrected chi connectivity index (χ0v) is 11.1. The second-order valence-electron chi connectivity index (χ2n) is 3.34. The average Bonchev–Trinajstić information content (AvgIpc) is 2.77. The first-order chi connectivity index (χ1) is 8.26. The molecule has 0 aliphatic rings. The monoisotopic (exact) mass is 297 g/mol. The Morgan fingerprint density at radius 3 is 2.88 bits per heavy atom. The molecule has 0 saturated carbocycles. The van der Waals surface area contributed by atoms with E-state index in [1.165, 1.54) is 6.33 Å². The van der Waals surface area contributed by atoms with Crippen molar-refractivity contribution in [2.75, 3.05) is 14.2 Å². The molecule has 0 saturated heterocycles. The van der Waals surface area contributed by atoms with Gasteiger partial charge in [-0.25, -0.2) is 9.97 Å². The first-order valence-electron chi connectivity index (χ1n) is 5.02. The molecule has 1 N–H and O–H groups in total. The summed E-state index contributed by atoms with van der Waals surface area (Å²) < 4.78 is 11.4. The number of ether oxygens (including phenoxy) is 1. The predicted octanol–water partition coefficient (Wildman–Crippen LogP) is 2.15. The molecule has 2 aromatic rings. The lowest BCUT2D eigenvalue weighted by atomic mass is 10.1. The Labute approximate surface area is 107 Å². The van der Waals surface area contributed by atoms with E-state index in [2.05, 4.69) is 31.2 Å². The molecule has 0 aliphatic carbocycles. The summed E-state index contributed by atoms with van der Waals surface area (Å²) in [6, 6.07) is 3.48. The molecular formula is C11H12BrN3O2. The standard InChI is InChI=1S/C11H12BrN3O2/c1-13-10(11-7(12)3-4-17-11)8-5-9(16-2)15-6-14-8/h3-6,10,13H,1-2H3. The van der Waals surface area contributed by atoms with Crippen LogP contribution in [0.25, 0.3) is 0 Å². The molecule has 90 valence electrons. The van der Waals surface area contributed by atoms with Crippen molar-refractivity contribution < 1.29 is 9.15 Å². The highest BCUT2D eigenvalue weighted by atomic mass is 79.9. The van der Waals surface area contributed by atoms with Crippen molar-refractivity contribution in [3.05, 3.63) is 40.7 Å². The third-order valence-corrected chi connectivity index (χ3v) is 3.02. The SMILES string of the molecule is CNC(c1cc(OC)ncn1)c1occc1Br. The smallest absolute Gasteiger partial charge is 0.216 e. The molecule has 0 bridgehead atoms. The van der Waals surface area contributed by atoms with Crippen LogP contribution in [0.2, 0.25) is 0 Å². The van der Waals surface area contributed by atoms with Crippen LogP contribution in [-0.2, 0) is 0 Å². The van der Waals surface area contributed by atoms with Crippen molar-refractivity contribution in [2.45, 2.75) is 6.04 Å². The van der Waals surface area contributed by atoms with Crippen molar-refractivity contribution in [3.8, 4) is 5.88 Å². The van der Waals surface area contributed by atoms with Crippen LogP contribution in [0.15, 0.2) is 33.6 Å². The van der Waals surface area contributed by atoms with Crippen LogP contribution >= 0.6 is 15.9 Å². The first kappa shape index (κ1) is 12.1. The van der Waals surface area contributed by atoms with E-state index in [4.69, 9.17) is 9.15 Å². The summed E-state index contributed by atoms with van der Waals surface area (Å²) in [5.74, 6) is 1.30. The van der Waals surface area contributed by atoms with Gasteiger partial charge in [0.25, 0.3) is 0 Å². The zero-order chi connectivity index (χ0) is 12.3. The average molecular weight is 298 g/mol. The number of methoxy groups -OCH3 is 1. The molecule has 2 aromatic heterocycles. The van der Waals surface area contributed by atoms with Crippen LogP contribution in [0.1, 0.15) is 17.5 Å². The fourth-order valence-corrected chi connectivity index (χ4v) is 1.98. The lowest BCUT2D eigenvalue weighted by Gasteiger charge is -2.13. The van der Waals surface area contributed by atoms with Crippen LogP contribution < -0.4 is 10.1 Å². The molecule has 6 heteroatoms. The highest BCUT2D eigenvalue weighted by molar-refractivity contribution is 9.10. The molecule has 0 aromatic carbocycles. The molecule has 5 nitrogen and oxygen atoms in total. The van der Waals surface area contributed by atoms with E-state index in [9.17, 15) is 0 Å². The van der Waals surface area contributed by atoms with Crippen molar-refractivity contribution >= 4 is 15.9 Å². The lowest BCUT2D eigenvalue weighted by molar-refractivity contribution is 0.393. The fraction of sp³-hybridized carbons (Fsp3) is 0.273. The highest BCUT2D eigenvalue weighted by Gasteiger charge is 2.20. The van der Waals surface area contributed by atoms with Gasteiger partial charge in [0, 0.05) is 6.07 Å². The molecule has 17 heavy (non-hydrogen) atoms. The number of hydrogen-bond donors (Lipinski definition) is 1. The van der Waals surface area contributed by atoms with Gasteiger partial charge in [0.15, 0.2) is 0 Å². The first-order valence-corrected chi connectivity index (χ1v) is 5.81. The third kappa shape index (κ3) is 2.48. The van der Waals surface area contributed by atoms with Gasteiger partial charge in [-0.15, -0.1) is 0 Å². The Hall–Kier alpha value is -1.40. The normalized spacial score (nSPS) is 12.4. The molecule has 0 radical (unpaired) electrons. The summed E-state index contributed by atoms with van der Waals surface area (Å²) in [5, 5.41) is 3.14. The van der Waals surface area contributed by atoms with Crippen molar-refractivity contribution in [1.82, 2.24) is 15.3 Å². The van der Waals surface area contributed by atoms with Crippen LogP contribution in [0.5, 0.6) is 5.88 Å². The fourth-order valence-electron chi connectivity index (χ4n) is 1.55. The molecule has 0 fully saturated rings. The van der Waals surface area contributed by atoms with Gasteiger partial charge in [0.05, 0.1) is 23.5 Å². The molecule has 2 rings (SSSR count). The quantitative estimate of drug-likeness (QED) is 0.937. The summed E-state index contributed by atoms with van der Waals surface area (Å²) in [4.78, 5) is 8.20. The van der Waals surface area contributed by atoms with Crippen LogP contribution in [0.4, 0.5) is 0 Å². The number of furan rings is 1. The predicted molar refractivity (Wildman–Crippen MR) is 65.9 cm³/mol. The van der Waals surface area contributed by atoms with Crippen molar-refractivity contribution in [1.29, 1.82) is 0 Å². The minimum atomic E-state index is -0.142. The van der Waals surface area contributed by atoms with E-state index < -0.39 is 0 Å². The van der Waals surface area contributed by atoms with E-state index >= 15 is 0 Å². The summed E-state index contributed by atoms with van der Waals surface area (Å²) in [7, 11) is 3.41. The van der Waals surface area contributed by atoms with Gasteiger partial charge in [0.1, 0.15) is 18.1 Å². The summed E-state index contributed by atoms with van der Waals surface area (Å²) >= 11 is 3.43. The van der Waals surface area contributed by atoms with E-state index in [1.54, 1.807) is 19.4 Å². The maximum atomic E-state index is 5.43. The number of aromatic nitrogens is 2. The molecule has 1 atom stereocenters. The van der Waals surface area contributed by atoms with E-state index in [0.717, 1.165) is 15.9 Å². The summed E-state index contributed by atoms with van der Waals surface area (Å²) in [6.07, 6.45) is 3.09. The number of nitrogens with one attached hydrogen (secondary N) is 1. The number of halogens is 1. The Balaban J connectivity index is 2.38. The van der Waals surface area contributed by atoms with Gasteiger partial charge in [0.2, 0.25) is 5.88 Å². The lowest BCUT2D eigenvalue weighted by Crippen LogP contribution is -2.19. The van der Waals surface area contributed by atoms with Crippen molar-refractivity contribution in [2.24, 2.45) is 0 Å². The van der Waals surface area contributed by atoms with E-state index in [-0.39, 0.29) is 6.04 Å². The van der Waals surface area contributed by atoms with Crippen LogP contribution in [0, 0.1) is 0 Å². The van der Waals surface area contributed by atoms with Crippen LogP contribution in [0.3, 0.4) is 0 Å². The second kappa shape index (κ2) is 5.29. The van der Waals surface area contributed by atoms with Gasteiger partial charge in [-0.1, -0.05) is 0 Å². The Bertz CT molecular complexity index is 501. The topological polar surface area (TPSA) is 60.2 Å². The number of rotatable bonds is 4. The van der Waals surface area contributed by atoms with Crippen LogP contribution in [-0.4, -0.2) is 24.1 Å². The Morgan fingerprint density at radius 2 is 2.29 bits per heavy atom. The largest absolute Gasteiger partial charge is 0.481 e. The van der Waals surface area contributed by atoms with E-state index in [0.29, 0.717) is 5.88 Å². The molecule has 0 aliphatic heterocycles. The molecule has 0 amide bonds. The van der Waals surface area contributed by atoms with E-state index in [1.807, 2.05) is 13.1 Å². The Kier molecular flexibility index (Phi) is 3.75. The minimum Gasteiger partial charge on any atom is -0.481 e. The minimum absolute atomic E-state index is 0.142. The zero-order valence-electron chi connectivity index (χ0n) is 9.48. The maximum absolute atomic E-state index is 5.43. The third-order valence-electron chi connectivity index (χ3n) is 2.36. The van der Waals surface area contributed by atoms with Gasteiger partial charge < -0.3 is 14.5 Å². The number of nitrogens with zero attached hydrogens (tertiary/aromatic N) is 2. The number of hydrogen-bond acceptors (Lipinski definition) is 5. The van der Waals surface area contributed by atoms with Gasteiger partial charge >= 0.3 is 0 Å².